The van der Waals surface area contributed by atoms with Crippen LogP contribution in [0, 0.1) is 0 Å². The predicted octanol–water partition coefficient (Wildman–Crippen LogP) is 1.76. The number of benzene rings is 1. The Balaban J connectivity index is 0.00000280. The highest BCUT2D eigenvalue weighted by atomic mass is 127. The quantitative estimate of drug-likeness (QED) is 0.221. The van der Waals surface area contributed by atoms with E-state index < -0.39 is 10.0 Å². The van der Waals surface area contributed by atoms with E-state index in [4.69, 9.17) is 0 Å². The first-order valence-corrected chi connectivity index (χ1v) is 11.3. The molecule has 0 radical (unpaired) electrons. The van der Waals surface area contributed by atoms with Gasteiger partial charge in [-0.3, -0.25) is 9.89 Å². The molecule has 1 saturated carbocycles. The van der Waals surface area contributed by atoms with Gasteiger partial charge in [-0.15, -0.1) is 24.0 Å². The van der Waals surface area contributed by atoms with E-state index in [1.54, 1.807) is 37.4 Å². The average Bonchev–Trinajstić information content (AvgIpc) is 3.36. The van der Waals surface area contributed by atoms with Crippen molar-refractivity contribution in [1.82, 2.24) is 20.3 Å². The zero-order chi connectivity index (χ0) is 19.1. The SMILES string of the molecule is CN=C(NCCNS(=O)(=O)c1ccccc1)NC1CCN(C2CCCC2)C1.I. The van der Waals surface area contributed by atoms with Crippen molar-refractivity contribution in [2.45, 2.75) is 49.1 Å². The number of likely N-dealkylation sites (tertiary alicyclic amines) is 1. The second-order valence-corrected chi connectivity index (χ2v) is 9.04. The number of aliphatic imine (C=N–C) groups is 1. The van der Waals surface area contributed by atoms with Crippen molar-refractivity contribution in [3.05, 3.63) is 30.3 Å². The summed E-state index contributed by atoms with van der Waals surface area (Å²) in [6, 6.07) is 9.58. The summed E-state index contributed by atoms with van der Waals surface area (Å²) in [7, 11) is -1.72. The lowest BCUT2D eigenvalue weighted by molar-refractivity contribution is 0.242. The molecule has 3 rings (SSSR count). The summed E-state index contributed by atoms with van der Waals surface area (Å²) in [5.74, 6) is 0.729. The summed E-state index contributed by atoms with van der Waals surface area (Å²) in [5.41, 5.74) is 0. The van der Waals surface area contributed by atoms with Crippen molar-refractivity contribution in [3.8, 4) is 0 Å². The maximum atomic E-state index is 12.2. The van der Waals surface area contributed by atoms with E-state index in [1.807, 2.05) is 0 Å². The highest BCUT2D eigenvalue weighted by molar-refractivity contribution is 14.0. The van der Waals surface area contributed by atoms with E-state index in [0.29, 0.717) is 19.1 Å². The summed E-state index contributed by atoms with van der Waals surface area (Å²) < 4.78 is 27.0. The third kappa shape index (κ3) is 6.57. The molecule has 2 aliphatic rings. The van der Waals surface area contributed by atoms with E-state index >= 15 is 0 Å². The van der Waals surface area contributed by atoms with E-state index in [-0.39, 0.29) is 28.9 Å². The van der Waals surface area contributed by atoms with Gasteiger partial charge in [-0.25, -0.2) is 13.1 Å². The number of sulfonamides is 1. The molecule has 1 aromatic carbocycles. The number of guanidine groups is 1. The third-order valence-corrected chi connectivity index (χ3v) is 6.87. The number of nitrogens with zero attached hydrogens (tertiary/aromatic N) is 2. The van der Waals surface area contributed by atoms with E-state index in [0.717, 1.165) is 31.5 Å². The van der Waals surface area contributed by atoms with Gasteiger partial charge in [0.2, 0.25) is 10.0 Å². The zero-order valence-electron chi connectivity index (χ0n) is 16.4. The Bertz CT molecular complexity index is 723. The number of nitrogens with one attached hydrogen (secondary N) is 3. The Labute approximate surface area is 185 Å². The van der Waals surface area contributed by atoms with Gasteiger partial charge in [0.25, 0.3) is 0 Å². The first kappa shape index (κ1) is 23.4. The first-order chi connectivity index (χ1) is 13.1. The Morgan fingerprint density at radius 1 is 1.14 bits per heavy atom. The lowest BCUT2D eigenvalue weighted by Crippen LogP contribution is -2.47. The minimum absolute atomic E-state index is 0. The summed E-state index contributed by atoms with van der Waals surface area (Å²) in [4.78, 5) is 7.15. The zero-order valence-corrected chi connectivity index (χ0v) is 19.6. The van der Waals surface area contributed by atoms with Crippen LogP contribution in [0.25, 0.3) is 0 Å². The van der Waals surface area contributed by atoms with E-state index in [1.165, 1.54) is 25.7 Å². The number of halogens is 1. The maximum absolute atomic E-state index is 12.2. The van der Waals surface area contributed by atoms with Gasteiger partial charge in [-0.1, -0.05) is 31.0 Å². The van der Waals surface area contributed by atoms with Crippen molar-refractivity contribution in [1.29, 1.82) is 0 Å². The molecule has 28 heavy (non-hydrogen) atoms. The number of hydrogen-bond donors (Lipinski definition) is 3. The van der Waals surface area contributed by atoms with Crippen LogP contribution in [0.5, 0.6) is 0 Å². The molecule has 158 valence electrons. The van der Waals surface area contributed by atoms with Crippen LogP contribution >= 0.6 is 24.0 Å². The van der Waals surface area contributed by atoms with Crippen LogP contribution in [0.2, 0.25) is 0 Å². The second-order valence-electron chi connectivity index (χ2n) is 7.27. The van der Waals surface area contributed by atoms with Gasteiger partial charge in [0.1, 0.15) is 0 Å². The van der Waals surface area contributed by atoms with Crippen LogP contribution in [0.3, 0.4) is 0 Å². The van der Waals surface area contributed by atoms with Gasteiger partial charge in [-0.05, 0) is 31.4 Å². The topological polar surface area (TPSA) is 85.8 Å². The predicted molar refractivity (Wildman–Crippen MR) is 124 cm³/mol. The smallest absolute Gasteiger partial charge is 0.240 e. The van der Waals surface area contributed by atoms with Crippen molar-refractivity contribution in [2.75, 3.05) is 33.2 Å². The van der Waals surface area contributed by atoms with E-state index in [2.05, 4.69) is 25.2 Å². The van der Waals surface area contributed by atoms with Crippen molar-refractivity contribution in [2.24, 2.45) is 4.99 Å². The Hall–Kier alpha value is -0.910. The Morgan fingerprint density at radius 2 is 1.86 bits per heavy atom. The van der Waals surface area contributed by atoms with Crippen LogP contribution in [0.4, 0.5) is 0 Å². The summed E-state index contributed by atoms with van der Waals surface area (Å²) >= 11 is 0. The fourth-order valence-electron chi connectivity index (χ4n) is 3.94. The molecule has 1 saturated heterocycles. The monoisotopic (exact) mass is 521 g/mol. The molecular formula is C19H32IN5O2S. The molecular weight excluding hydrogens is 489 g/mol. The van der Waals surface area contributed by atoms with Gasteiger partial charge in [0.05, 0.1) is 4.90 Å². The molecule has 0 amide bonds. The minimum atomic E-state index is -3.46. The third-order valence-electron chi connectivity index (χ3n) is 5.39. The van der Waals surface area contributed by atoms with Gasteiger partial charge in [0.15, 0.2) is 5.96 Å². The van der Waals surface area contributed by atoms with Gasteiger partial charge in [-0.2, -0.15) is 0 Å². The summed E-state index contributed by atoms with van der Waals surface area (Å²) in [6.07, 6.45) is 6.52. The molecule has 2 fully saturated rings. The van der Waals surface area contributed by atoms with Crippen LogP contribution in [-0.2, 0) is 10.0 Å². The number of hydrogen-bond acceptors (Lipinski definition) is 4. The molecule has 1 atom stereocenters. The lowest BCUT2D eigenvalue weighted by atomic mass is 10.2. The molecule has 3 N–H and O–H groups in total. The van der Waals surface area contributed by atoms with Crippen molar-refractivity contribution in [3.63, 3.8) is 0 Å². The molecule has 0 spiro atoms. The van der Waals surface area contributed by atoms with Gasteiger partial charge >= 0.3 is 0 Å². The van der Waals surface area contributed by atoms with Crippen LogP contribution in [0.1, 0.15) is 32.1 Å². The molecule has 9 heteroatoms. The Kier molecular flexibility index (Phi) is 9.45. The van der Waals surface area contributed by atoms with Crippen LogP contribution in [0.15, 0.2) is 40.2 Å². The minimum Gasteiger partial charge on any atom is -0.355 e. The highest BCUT2D eigenvalue weighted by Crippen LogP contribution is 2.26. The average molecular weight is 521 g/mol. The van der Waals surface area contributed by atoms with Gasteiger partial charge < -0.3 is 10.6 Å². The summed E-state index contributed by atoms with van der Waals surface area (Å²) in [6.45, 7) is 2.99. The molecule has 0 bridgehead atoms. The molecule has 1 aromatic rings. The molecule has 1 unspecified atom stereocenters. The van der Waals surface area contributed by atoms with Crippen molar-refractivity contribution < 1.29 is 8.42 Å². The highest BCUT2D eigenvalue weighted by Gasteiger charge is 2.30. The maximum Gasteiger partial charge on any atom is 0.240 e. The molecule has 1 aliphatic heterocycles. The van der Waals surface area contributed by atoms with Crippen LogP contribution < -0.4 is 15.4 Å². The molecule has 7 nitrogen and oxygen atoms in total. The van der Waals surface area contributed by atoms with Gasteiger partial charge in [0, 0.05) is 45.3 Å². The fourth-order valence-corrected chi connectivity index (χ4v) is 5.00. The molecule has 1 aliphatic carbocycles. The Morgan fingerprint density at radius 3 is 2.54 bits per heavy atom. The second kappa shape index (κ2) is 11.3. The normalized spacial score (nSPS) is 21.5. The largest absolute Gasteiger partial charge is 0.355 e. The van der Waals surface area contributed by atoms with E-state index in [9.17, 15) is 8.42 Å². The molecule has 0 aromatic heterocycles. The fraction of sp³-hybridized carbons (Fsp3) is 0.632. The summed E-state index contributed by atoms with van der Waals surface area (Å²) in [5, 5.41) is 6.67. The first-order valence-electron chi connectivity index (χ1n) is 9.84. The standard InChI is InChI=1S/C19H31N5O2S.HI/c1-20-19(23-16-11-14-24(15-16)17-7-5-6-8-17)21-12-13-22-27(25,26)18-9-3-2-4-10-18;/h2-4,9-10,16-17,22H,5-8,11-15H2,1H3,(H2,20,21,23);1H. The molecule has 1 heterocycles. The lowest BCUT2D eigenvalue weighted by Gasteiger charge is -2.24. The number of rotatable bonds is 7. The van der Waals surface area contributed by atoms with Crippen molar-refractivity contribution >= 4 is 40.0 Å². The van der Waals surface area contributed by atoms with Crippen LogP contribution in [-0.4, -0.2) is 64.6 Å².